The maximum Gasteiger partial charge on any atom is 0.244 e. The molecule has 6 nitrogen and oxygen atoms in total. The van der Waals surface area contributed by atoms with Gasteiger partial charge in [0.05, 0.1) is 0 Å². The van der Waals surface area contributed by atoms with Gasteiger partial charge >= 0.3 is 0 Å². The van der Waals surface area contributed by atoms with Gasteiger partial charge in [-0.2, -0.15) is 5.10 Å². The summed E-state index contributed by atoms with van der Waals surface area (Å²) in [7, 11) is 2.21. The number of aromatic nitrogens is 2. The third-order valence-corrected chi connectivity index (χ3v) is 4.66. The average Bonchev–Trinajstić information content (AvgIpc) is 2.84. The largest absolute Gasteiger partial charge is 0.382 e. The topological polar surface area (TPSA) is 67.4 Å². The van der Waals surface area contributed by atoms with E-state index in [2.05, 4.69) is 17.0 Å². The summed E-state index contributed by atoms with van der Waals surface area (Å²) in [5.41, 5.74) is 5.57. The Morgan fingerprint density at radius 3 is 3.05 bits per heavy atom. The second kappa shape index (κ2) is 5.44. The number of hydrogen-bond acceptors (Lipinski definition) is 4. The van der Waals surface area contributed by atoms with Crippen molar-refractivity contribution >= 4 is 11.7 Å². The molecule has 3 rings (SSSR count). The van der Waals surface area contributed by atoms with Gasteiger partial charge in [-0.3, -0.25) is 9.48 Å². The Balaban J connectivity index is 1.59. The first-order chi connectivity index (χ1) is 9.63. The Kier molecular flexibility index (Phi) is 3.65. The van der Waals surface area contributed by atoms with Gasteiger partial charge in [0.25, 0.3) is 0 Å². The third kappa shape index (κ3) is 2.65. The Morgan fingerprint density at radius 2 is 2.30 bits per heavy atom. The number of fused-ring (bicyclic) bond motifs is 1. The summed E-state index contributed by atoms with van der Waals surface area (Å²) in [6.45, 7) is 3.25. The summed E-state index contributed by atoms with van der Waals surface area (Å²) in [5.74, 6) is 1.25. The molecule has 1 aromatic rings. The SMILES string of the molecule is CN1CCCC2CN(C(=O)Cn3ccc(N)n3)CCC21. The minimum atomic E-state index is 0.153. The molecule has 2 atom stereocenters. The zero-order valence-corrected chi connectivity index (χ0v) is 12.0. The van der Waals surface area contributed by atoms with E-state index in [-0.39, 0.29) is 5.91 Å². The van der Waals surface area contributed by atoms with Crippen molar-refractivity contribution in [2.24, 2.45) is 5.92 Å². The first-order valence-electron chi connectivity index (χ1n) is 7.40. The number of piperidine rings is 2. The average molecular weight is 277 g/mol. The van der Waals surface area contributed by atoms with Crippen molar-refractivity contribution < 1.29 is 4.79 Å². The number of likely N-dealkylation sites (tertiary alicyclic amines) is 2. The monoisotopic (exact) mass is 277 g/mol. The smallest absolute Gasteiger partial charge is 0.244 e. The molecular formula is C14H23N5O. The molecule has 2 N–H and O–H groups in total. The fraction of sp³-hybridized carbons (Fsp3) is 0.714. The highest BCUT2D eigenvalue weighted by Crippen LogP contribution is 2.29. The van der Waals surface area contributed by atoms with Gasteiger partial charge in [0, 0.05) is 25.3 Å². The van der Waals surface area contributed by atoms with Gasteiger partial charge in [-0.25, -0.2) is 0 Å². The van der Waals surface area contributed by atoms with E-state index in [9.17, 15) is 4.79 Å². The van der Waals surface area contributed by atoms with E-state index >= 15 is 0 Å². The van der Waals surface area contributed by atoms with Crippen LogP contribution in [-0.2, 0) is 11.3 Å². The molecule has 2 aliphatic rings. The van der Waals surface area contributed by atoms with Crippen molar-refractivity contribution in [3.05, 3.63) is 12.3 Å². The van der Waals surface area contributed by atoms with E-state index in [4.69, 9.17) is 5.73 Å². The van der Waals surface area contributed by atoms with E-state index in [1.165, 1.54) is 19.4 Å². The normalized spacial score (nSPS) is 27.4. The maximum atomic E-state index is 12.3. The predicted octanol–water partition coefficient (Wildman–Crippen LogP) is 0.408. The predicted molar refractivity (Wildman–Crippen MR) is 77.0 cm³/mol. The highest BCUT2D eigenvalue weighted by atomic mass is 16.2. The summed E-state index contributed by atoms with van der Waals surface area (Å²) in [4.78, 5) is 16.8. The van der Waals surface area contributed by atoms with Crippen molar-refractivity contribution in [3.63, 3.8) is 0 Å². The van der Waals surface area contributed by atoms with E-state index in [1.54, 1.807) is 16.9 Å². The van der Waals surface area contributed by atoms with Crippen LogP contribution in [0, 0.1) is 5.92 Å². The van der Waals surface area contributed by atoms with Gasteiger partial charge in [0.2, 0.25) is 5.91 Å². The number of carbonyl (C=O) groups excluding carboxylic acids is 1. The molecule has 6 heteroatoms. The number of nitrogens with zero attached hydrogens (tertiary/aromatic N) is 4. The number of nitrogens with two attached hydrogens (primary N) is 1. The molecule has 0 aromatic carbocycles. The van der Waals surface area contributed by atoms with E-state index < -0.39 is 0 Å². The van der Waals surface area contributed by atoms with Crippen molar-refractivity contribution in [1.82, 2.24) is 19.6 Å². The third-order valence-electron chi connectivity index (χ3n) is 4.66. The number of nitrogen functional groups attached to an aromatic ring is 1. The molecule has 2 aliphatic heterocycles. The minimum Gasteiger partial charge on any atom is -0.382 e. The van der Waals surface area contributed by atoms with Gasteiger partial charge in [-0.15, -0.1) is 0 Å². The molecule has 2 saturated heterocycles. The van der Waals surface area contributed by atoms with Crippen LogP contribution in [0.5, 0.6) is 0 Å². The standard InChI is InChI=1S/C14H23N5O/c1-17-6-2-3-11-9-18(7-4-12(11)17)14(20)10-19-8-5-13(15)16-19/h5,8,11-12H,2-4,6-7,9-10H2,1H3,(H2,15,16). The number of carbonyl (C=O) groups is 1. The number of amides is 1. The molecule has 0 spiro atoms. The summed E-state index contributed by atoms with van der Waals surface area (Å²) < 4.78 is 1.62. The van der Waals surface area contributed by atoms with Crippen LogP contribution in [0.3, 0.4) is 0 Å². The molecule has 0 saturated carbocycles. The zero-order chi connectivity index (χ0) is 14.1. The fourth-order valence-corrected chi connectivity index (χ4v) is 3.58. The van der Waals surface area contributed by atoms with Crippen LogP contribution in [0.15, 0.2) is 12.3 Å². The van der Waals surface area contributed by atoms with Crippen molar-refractivity contribution in [2.75, 3.05) is 32.4 Å². The van der Waals surface area contributed by atoms with Gasteiger partial charge in [0.1, 0.15) is 12.4 Å². The summed E-state index contributed by atoms with van der Waals surface area (Å²) >= 11 is 0. The van der Waals surface area contributed by atoms with Gasteiger partial charge in [-0.1, -0.05) is 0 Å². The van der Waals surface area contributed by atoms with Gasteiger partial charge in [0.15, 0.2) is 0 Å². The van der Waals surface area contributed by atoms with Gasteiger partial charge in [-0.05, 0) is 44.8 Å². The first kappa shape index (κ1) is 13.4. The lowest BCUT2D eigenvalue weighted by Gasteiger charge is -2.45. The molecular weight excluding hydrogens is 254 g/mol. The molecule has 0 aliphatic carbocycles. The highest BCUT2D eigenvalue weighted by Gasteiger charge is 2.35. The van der Waals surface area contributed by atoms with Crippen molar-refractivity contribution in [1.29, 1.82) is 0 Å². The molecule has 110 valence electrons. The van der Waals surface area contributed by atoms with Crippen LogP contribution in [0.2, 0.25) is 0 Å². The van der Waals surface area contributed by atoms with Crippen LogP contribution >= 0.6 is 0 Å². The van der Waals surface area contributed by atoms with Crippen molar-refractivity contribution in [2.45, 2.75) is 31.8 Å². The number of rotatable bonds is 2. The quantitative estimate of drug-likeness (QED) is 0.850. The molecule has 0 radical (unpaired) electrons. The van der Waals surface area contributed by atoms with Crippen LogP contribution in [0.4, 0.5) is 5.82 Å². The molecule has 1 aromatic heterocycles. The lowest BCUT2D eigenvalue weighted by molar-refractivity contribution is -0.135. The maximum absolute atomic E-state index is 12.3. The fourth-order valence-electron chi connectivity index (χ4n) is 3.58. The van der Waals surface area contributed by atoms with Crippen molar-refractivity contribution in [3.8, 4) is 0 Å². The first-order valence-corrected chi connectivity index (χ1v) is 7.40. The van der Waals surface area contributed by atoms with E-state index in [0.717, 1.165) is 19.5 Å². The lowest BCUT2D eigenvalue weighted by atomic mass is 9.84. The van der Waals surface area contributed by atoms with Gasteiger partial charge < -0.3 is 15.5 Å². The molecule has 1 amide bonds. The Hall–Kier alpha value is -1.56. The Labute approximate surface area is 119 Å². The second-order valence-electron chi connectivity index (χ2n) is 6.02. The molecule has 2 fully saturated rings. The number of hydrogen-bond donors (Lipinski definition) is 1. The van der Waals surface area contributed by atoms with Crippen LogP contribution in [-0.4, -0.2) is 58.2 Å². The van der Waals surface area contributed by atoms with E-state index in [0.29, 0.717) is 24.3 Å². The zero-order valence-electron chi connectivity index (χ0n) is 12.0. The molecule has 3 heterocycles. The molecule has 2 unspecified atom stereocenters. The Morgan fingerprint density at radius 1 is 1.45 bits per heavy atom. The minimum absolute atomic E-state index is 0.153. The van der Waals surface area contributed by atoms with Crippen LogP contribution in [0.1, 0.15) is 19.3 Å². The highest BCUT2D eigenvalue weighted by molar-refractivity contribution is 5.76. The lowest BCUT2D eigenvalue weighted by Crippen LogP contribution is -2.54. The van der Waals surface area contributed by atoms with Crippen LogP contribution in [0.25, 0.3) is 0 Å². The molecule has 0 bridgehead atoms. The van der Waals surface area contributed by atoms with Crippen LogP contribution < -0.4 is 5.73 Å². The second-order valence-corrected chi connectivity index (χ2v) is 6.02. The summed E-state index contributed by atoms with van der Waals surface area (Å²) in [5, 5.41) is 4.08. The van der Waals surface area contributed by atoms with E-state index in [1.807, 2.05) is 4.90 Å². The summed E-state index contributed by atoms with van der Waals surface area (Å²) in [6.07, 6.45) is 5.34. The molecule has 20 heavy (non-hydrogen) atoms. The Bertz CT molecular complexity index is 486. The number of anilines is 1. The summed E-state index contributed by atoms with van der Waals surface area (Å²) in [6, 6.07) is 2.38.